The average Bonchev–Trinajstić information content (AvgIpc) is 3.18. The van der Waals surface area contributed by atoms with E-state index in [1.807, 2.05) is 32.0 Å². The summed E-state index contributed by atoms with van der Waals surface area (Å²) in [4.78, 5) is 0. The second-order valence-electron chi connectivity index (χ2n) is 8.78. The molecule has 0 bridgehead atoms. The molecule has 1 aromatic rings. The lowest BCUT2D eigenvalue weighted by Crippen LogP contribution is -2.50. The minimum Gasteiger partial charge on any atom is -0.365 e. The van der Waals surface area contributed by atoms with Gasteiger partial charge in [-0.25, -0.2) is 0 Å². The first-order chi connectivity index (χ1) is 13.0. The molecule has 4 fully saturated rings. The number of ether oxygens (including phenoxy) is 4. The summed E-state index contributed by atoms with van der Waals surface area (Å²) in [7, 11) is 0. The molecular formula is C23H28O4. The van der Waals surface area contributed by atoms with Gasteiger partial charge in [0.15, 0.2) is 12.1 Å². The van der Waals surface area contributed by atoms with Gasteiger partial charge in [-0.15, -0.1) is 13.2 Å². The SMILES string of the molecule is C=C[C@@H]1[C@H](C=C)[C@@H]2C[C@@]3(OCc4ccccc4)[C@H](O[C@@H]4OC(C)(C)O[C@@H]43)[C@H]12. The maximum atomic E-state index is 6.68. The molecule has 4 aliphatic rings. The third-order valence-electron chi connectivity index (χ3n) is 6.98. The normalized spacial score (nSPS) is 46.2. The summed E-state index contributed by atoms with van der Waals surface area (Å²) >= 11 is 0. The molecule has 2 saturated carbocycles. The highest BCUT2D eigenvalue weighted by Crippen LogP contribution is 2.66. The van der Waals surface area contributed by atoms with E-state index in [9.17, 15) is 0 Å². The summed E-state index contributed by atoms with van der Waals surface area (Å²) in [6, 6.07) is 10.3. The Bertz CT molecular complexity index is 744. The number of benzene rings is 1. The van der Waals surface area contributed by atoms with Crippen LogP contribution >= 0.6 is 0 Å². The Kier molecular flexibility index (Phi) is 3.93. The van der Waals surface area contributed by atoms with E-state index in [4.69, 9.17) is 18.9 Å². The molecule has 0 spiro atoms. The minimum atomic E-state index is -0.652. The van der Waals surface area contributed by atoms with Gasteiger partial charge >= 0.3 is 0 Å². The van der Waals surface area contributed by atoms with Gasteiger partial charge in [0, 0.05) is 0 Å². The Morgan fingerprint density at radius 1 is 1.07 bits per heavy atom. The van der Waals surface area contributed by atoms with Crippen LogP contribution in [0.1, 0.15) is 25.8 Å². The summed E-state index contributed by atoms with van der Waals surface area (Å²) in [6.45, 7) is 12.5. The predicted octanol–water partition coefficient (Wildman–Crippen LogP) is 4.07. The minimum absolute atomic E-state index is 0.0310. The van der Waals surface area contributed by atoms with Crippen molar-refractivity contribution in [1.29, 1.82) is 0 Å². The highest BCUT2D eigenvalue weighted by atomic mass is 16.8. The molecule has 0 radical (unpaired) electrons. The van der Waals surface area contributed by atoms with Gasteiger partial charge in [-0.1, -0.05) is 42.5 Å². The zero-order chi connectivity index (χ0) is 18.8. The molecule has 4 heteroatoms. The lowest BCUT2D eigenvalue weighted by molar-refractivity contribution is -0.240. The van der Waals surface area contributed by atoms with Crippen LogP contribution in [0.4, 0.5) is 0 Å². The molecule has 144 valence electrons. The lowest BCUT2D eigenvalue weighted by atomic mass is 9.58. The van der Waals surface area contributed by atoms with Gasteiger partial charge in [-0.3, -0.25) is 0 Å². The molecule has 0 amide bonds. The van der Waals surface area contributed by atoms with Gasteiger partial charge < -0.3 is 18.9 Å². The second kappa shape index (κ2) is 6.02. The molecule has 0 aromatic heterocycles. The van der Waals surface area contributed by atoms with E-state index in [1.54, 1.807) is 0 Å². The van der Waals surface area contributed by atoms with Crippen molar-refractivity contribution in [2.45, 2.75) is 56.8 Å². The summed E-state index contributed by atoms with van der Waals surface area (Å²) in [5, 5.41) is 0. The third kappa shape index (κ3) is 2.44. The van der Waals surface area contributed by atoms with E-state index in [2.05, 4.69) is 37.4 Å². The fourth-order valence-electron chi connectivity index (χ4n) is 5.90. The van der Waals surface area contributed by atoms with Crippen LogP contribution in [0.2, 0.25) is 0 Å². The fourth-order valence-corrected chi connectivity index (χ4v) is 5.90. The van der Waals surface area contributed by atoms with Crippen LogP contribution in [0.25, 0.3) is 0 Å². The Morgan fingerprint density at radius 2 is 1.81 bits per heavy atom. The first-order valence-electron chi connectivity index (χ1n) is 9.93. The molecule has 2 aliphatic heterocycles. The molecule has 2 aliphatic carbocycles. The summed E-state index contributed by atoms with van der Waals surface area (Å²) < 4.78 is 25.5. The standard InChI is InChI=1S/C23H28O4/c1-5-15-16(6-2)18-17(15)12-23(24-13-14-10-8-7-9-11-14)19(18)25-21-20(23)26-22(3,4)27-21/h5-11,15-21H,1-2,12-13H2,3-4H3/t15-,16+,17-,18+,19+,20-,21+,23+/m0/s1. The van der Waals surface area contributed by atoms with Crippen molar-refractivity contribution in [3.63, 3.8) is 0 Å². The first-order valence-corrected chi connectivity index (χ1v) is 9.93. The largest absolute Gasteiger partial charge is 0.365 e. The molecule has 4 nitrogen and oxygen atoms in total. The summed E-state index contributed by atoms with van der Waals surface area (Å²) in [5.41, 5.74) is 0.676. The number of rotatable bonds is 5. The molecule has 0 unspecified atom stereocenters. The van der Waals surface area contributed by atoms with Crippen LogP contribution in [0.5, 0.6) is 0 Å². The van der Waals surface area contributed by atoms with E-state index < -0.39 is 11.4 Å². The monoisotopic (exact) mass is 368 g/mol. The molecule has 2 heterocycles. The van der Waals surface area contributed by atoms with Crippen LogP contribution < -0.4 is 0 Å². The Morgan fingerprint density at radius 3 is 2.52 bits per heavy atom. The first kappa shape index (κ1) is 17.6. The molecule has 1 aromatic carbocycles. The number of hydrogen-bond donors (Lipinski definition) is 0. The average molecular weight is 368 g/mol. The van der Waals surface area contributed by atoms with Crippen LogP contribution in [-0.4, -0.2) is 29.9 Å². The lowest BCUT2D eigenvalue weighted by Gasteiger charge is -2.47. The van der Waals surface area contributed by atoms with E-state index >= 15 is 0 Å². The smallest absolute Gasteiger partial charge is 0.190 e. The zero-order valence-corrected chi connectivity index (χ0v) is 16.0. The molecule has 5 rings (SSSR count). The summed E-state index contributed by atoms with van der Waals surface area (Å²) in [5.74, 6) is 1.06. The van der Waals surface area contributed by atoms with Gasteiger partial charge in [0.2, 0.25) is 0 Å². The topological polar surface area (TPSA) is 36.9 Å². The quantitative estimate of drug-likeness (QED) is 0.734. The number of fused-ring (bicyclic) bond motifs is 5. The molecule has 8 atom stereocenters. The fraction of sp³-hybridized carbons (Fsp3) is 0.565. The van der Waals surface area contributed by atoms with Crippen LogP contribution in [-0.2, 0) is 25.6 Å². The van der Waals surface area contributed by atoms with Gasteiger partial charge in [-0.2, -0.15) is 0 Å². The van der Waals surface area contributed by atoms with E-state index in [1.165, 1.54) is 0 Å². The van der Waals surface area contributed by atoms with Gasteiger partial charge in [0.1, 0.15) is 11.7 Å². The molecular weight excluding hydrogens is 340 g/mol. The maximum Gasteiger partial charge on any atom is 0.190 e. The Balaban J connectivity index is 1.47. The Hall–Kier alpha value is -1.46. The maximum absolute atomic E-state index is 6.68. The highest BCUT2D eigenvalue weighted by Gasteiger charge is 2.75. The molecule has 27 heavy (non-hydrogen) atoms. The van der Waals surface area contributed by atoms with Crippen molar-refractivity contribution in [3.8, 4) is 0 Å². The van der Waals surface area contributed by atoms with E-state index in [-0.39, 0.29) is 18.5 Å². The number of hydrogen-bond acceptors (Lipinski definition) is 4. The third-order valence-corrected chi connectivity index (χ3v) is 6.98. The Labute approximate surface area is 161 Å². The summed E-state index contributed by atoms with van der Waals surface area (Å²) in [6.07, 6.45) is 4.45. The van der Waals surface area contributed by atoms with Crippen LogP contribution in [0, 0.1) is 23.7 Å². The van der Waals surface area contributed by atoms with E-state index in [0.717, 1.165) is 12.0 Å². The molecule has 2 saturated heterocycles. The van der Waals surface area contributed by atoms with Crippen molar-refractivity contribution in [3.05, 3.63) is 61.2 Å². The van der Waals surface area contributed by atoms with Crippen molar-refractivity contribution in [2.24, 2.45) is 23.7 Å². The number of allylic oxidation sites excluding steroid dienone is 2. The van der Waals surface area contributed by atoms with Crippen molar-refractivity contribution < 1.29 is 18.9 Å². The van der Waals surface area contributed by atoms with Crippen LogP contribution in [0.3, 0.4) is 0 Å². The van der Waals surface area contributed by atoms with Crippen LogP contribution in [0.15, 0.2) is 55.6 Å². The zero-order valence-electron chi connectivity index (χ0n) is 16.0. The van der Waals surface area contributed by atoms with Crippen molar-refractivity contribution >= 4 is 0 Å². The van der Waals surface area contributed by atoms with Crippen molar-refractivity contribution in [1.82, 2.24) is 0 Å². The second-order valence-corrected chi connectivity index (χ2v) is 8.78. The predicted molar refractivity (Wildman–Crippen MR) is 102 cm³/mol. The molecule has 0 N–H and O–H groups in total. The highest BCUT2D eigenvalue weighted by molar-refractivity contribution is 5.25. The van der Waals surface area contributed by atoms with E-state index in [0.29, 0.717) is 30.3 Å². The van der Waals surface area contributed by atoms with Gasteiger partial charge in [0.05, 0.1) is 12.7 Å². The van der Waals surface area contributed by atoms with Crippen molar-refractivity contribution in [2.75, 3.05) is 0 Å². The van der Waals surface area contributed by atoms with Gasteiger partial charge in [0.25, 0.3) is 0 Å². The van der Waals surface area contributed by atoms with Gasteiger partial charge in [-0.05, 0) is 49.5 Å².